The molecule has 0 spiro atoms. The highest BCUT2D eigenvalue weighted by Crippen LogP contribution is 2.50. The molecule has 2 fully saturated rings. The van der Waals surface area contributed by atoms with Gasteiger partial charge in [-0.15, -0.1) is 0 Å². The Labute approximate surface area is 120 Å². The highest BCUT2D eigenvalue weighted by molar-refractivity contribution is 5.89. The minimum atomic E-state index is -0.885. The average Bonchev–Trinajstić information content (AvgIpc) is 2.46. The molecule has 20 heavy (non-hydrogen) atoms. The molecule has 0 bridgehead atoms. The minimum Gasteiger partial charge on any atom is -0.394 e. The number of rotatable bonds is 4. The number of aliphatic hydroxyl groups is 1. The van der Waals surface area contributed by atoms with Gasteiger partial charge in [0.2, 0.25) is 5.91 Å². The van der Waals surface area contributed by atoms with Gasteiger partial charge in [-0.1, -0.05) is 13.8 Å². The molecule has 6 nitrogen and oxygen atoms in total. The van der Waals surface area contributed by atoms with Crippen molar-refractivity contribution in [1.29, 1.82) is 0 Å². The Morgan fingerprint density at radius 2 is 2.25 bits per heavy atom. The summed E-state index contributed by atoms with van der Waals surface area (Å²) in [4.78, 5) is 14.5. The van der Waals surface area contributed by atoms with E-state index in [2.05, 4.69) is 0 Å². The van der Waals surface area contributed by atoms with E-state index in [1.54, 1.807) is 4.90 Å². The maximum absolute atomic E-state index is 12.7. The van der Waals surface area contributed by atoms with E-state index < -0.39 is 5.54 Å². The summed E-state index contributed by atoms with van der Waals surface area (Å²) in [6, 6.07) is 0. The van der Waals surface area contributed by atoms with Gasteiger partial charge in [-0.3, -0.25) is 4.79 Å². The van der Waals surface area contributed by atoms with Gasteiger partial charge >= 0.3 is 0 Å². The lowest BCUT2D eigenvalue weighted by atomic mass is 9.54. The molecular formula is C14H26N2O4. The van der Waals surface area contributed by atoms with E-state index in [1.807, 2.05) is 20.8 Å². The number of aliphatic hydroxyl groups excluding tert-OH is 1. The summed E-state index contributed by atoms with van der Waals surface area (Å²) in [5.41, 5.74) is 5.12. The van der Waals surface area contributed by atoms with E-state index in [0.29, 0.717) is 32.7 Å². The van der Waals surface area contributed by atoms with E-state index in [1.165, 1.54) is 0 Å². The molecule has 3 N–H and O–H groups in total. The molecule has 1 aliphatic carbocycles. The quantitative estimate of drug-likeness (QED) is 0.743. The molecule has 6 heteroatoms. The van der Waals surface area contributed by atoms with Crippen molar-refractivity contribution in [1.82, 2.24) is 4.90 Å². The third-order valence-electron chi connectivity index (χ3n) is 4.84. The Balaban J connectivity index is 2.05. The first-order valence-electron chi connectivity index (χ1n) is 7.29. The molecule has 0 aromatic rings. The summed E-state index contributed by atoms with van der Waals surface area (Å²) in [7, 11) is 0. The number of ether oxygens (including phenoxy) is 2. The summed E-state index contributed by atoms with van der Waals surface area (Å²) in [6.07, 6.45) is 0.270. The Morgan fingerprint density at radius 3 is 2.80 bits per heavy atom. The molecule has 2 rings (SSSR count). The lowest BCUT2D eigenvalue weighted by molar-refractivity contribution is -0.184. The molecule has 3 unspecified atom stereocenters. The standard InChI is InChI=1S/C14H26N2O4/c1-4-19-11-7-14(15,13(11,2)3)12(18)16-5-6-20-10(8-16)9-17/h10-11,17H,4-9,15H2,1-3H3. The molecule has 1 aliphatic heterocycles. The van der Waals surface area contributed by atoms with Crippen molar-refractivity contribution in [2.24, 2.45) is 11.1 Å². The van der Waals surface area contributed by atoms with Crippen LogP contribution < -0.4 is 5.73 Å². The van der Waals surface area contributed by atoms with Crippen LogP contribution in [0, 0.1) is 5.41 Å². The SMILES string of the molecule is CCOC1CC(N)(C(=O)N2CCOC(CO)C2)C1(C)C. The molecular weight excluding hydrogens is 260 g/mol. The topological polar surface area (TPSA) is 85.0 Å². The summed E-state index contributed by atoms with van der Waals surface area (Å²) in [6.45, 7) is 7.85. The van der Waals surface area contributed by atoms with Crippen LogP contribution in [-0.2, 0) is 14.3 Å². The van der Waals surface area contributed by atoms with Gasteiger partial charge in [0.05, 0.1) is 25.4 Å². The summed E-state index contributed by atoms with van der Waals surface area (Å²) < 4.78 is 11.0. The van der Waals surface area contributed by atoms with Gasteiger partial charge in [0.25, 0.3) is 0 Å². The van der Waals surface area contributed by atoms with Gasteiger partial charge in [-0.25, -0.2) is 0 Å². The van der Waals surface area contributed by atoms with Gasteiger partial charge < -0.3 is 25.2 Å². The van der Waals surface area contributed by atoms with Crippen LogP contribution in [0.5, 0.6) is 0 Å². The van der Waals surface area contributed by atoms with Crippen LogP contribution in [0.2, 0.25) is 0 Å². The third kappa shape index (κ3) is 2.35. The number of morpholine rings is 1. The number of carbonyl (C=O) groups is 1. The lowest BCUT2D eigenvalue weighted by Gasteiger charge is -2.59. The Bertz CT molecular complexity index is 374. The van der Waals surface area contributed by atoms with Crippen LogP contribution in [0.1, 0.15) is 27.2 Å². The molecule has 1 heterocycles. The molecule has 1 saturated heterocycles. The first-order valence-corrected chi connectivity index (χ1v) is 7.29. The number of nitrogens with two attached hydrogens (primary N) is 1. The second-order valence-corrected chi connectivity index (χ2v) is 6.27. The Hall–Kier alpha value is -0.690. The summed E-state index contributed by atoms with van der Waals surface area (Å²) in [5, 5.41) is 9.17. The normalized spacial score (nSPS) is 36.5. The van der Waals surface area contributed by atoms with Crippen LogP contribution >= 0.6 is 0 Å². The number of carbonyl (C=O) groups excluding carboxylic acids is 1. The van der Waals surface area contributed by atoms with Crippen LogP contribution in [0.15, 0.2) is 0 Å². The fraction of sp³-hybridized carbons (Fsp3) is 0.929. The van der Waals surface area contributed by atoms with Gasteiger partial charge in [-0.05, 0) is 6.92 Å². The molecule has 0 aromatic heterocycles. The number of hydrogen-bond acceptors (Lipinski definition) is 5. The van der Waals surface area contributed by atoms with Crippen LogP contribution in [-0.4, -0.2) is 66.6 Å². The molecule has 2 aliphatic rings. The van der Waals surface area contributed by atoms with E-state index >= 15 is 0 Å². The second-order valence-electron chi connectivity index (χ2n) is 6.27. The zero-order valence-electron chi connectivity index (χ0n) is 12.6. The number of nitrogens with zero attached hydrogens (tertiary/aromatic N) is 1. The monoisotopic (exact) mass is 286 g/mol. The Morgan fingerprint density at radius 1 is 1.55 bits per heavy atom. The van der Waals surface area contributed by atoms with Crippen molar-refractivity contribution < 1.29 is 19.4 Å². The molecule has 1 amide bonds. The van der Waals surface area contributed by atoms with Crippen LogP contribution in [0.25, 0.3) is 0 Å². The minimum absolute atomic E-state index is 0.0242. The highest BCUT2D eigenvalue weighted by atomic mass is 16.5. The van der Waals surface area contributed by atoms with Gasteiger partial charge in [0.1, 0.15) is 5.54 Å². The highest BCUT2D eigenvalue weighted by Gasteiger charge is 2.63. The van der Waals surface area contributed by atoms with Crippen molar-refractivity contribution in [2.45, 2.75) is 44.9 Å². The van der Waals surface area contributed by atoms with Crippen LogP contribution in [0.4, 0.5) is 0 Å². The molecule has 0 radical (unpaired) electrons. The maximum atomic E-state index is 12.7. The largest absolute Gasteiger partial charge is 0.394 e. The summed E-state index contributed by atoms with van der Waals surface area (Å²) >= 11 is 0. The van der Waals surface area contributed by atoms with Crippen molar-refractivity contribution in [3.8, 4) is 0 Å². The molecule has 3 atom stereocenters. The molecule has 0 aromatic carbocycles. The van der Waals surface area contributed by atoms with E-state index in [4.69, 9.17) is 20.3 Å². The van der Waals surface area contributed by atoms with Crippen LogP contribution in [0.3, 0.4) is 0 Å². The van der Waals surface area contributed by atoms with Crippen molar-refractivity contribution in [2.75, 3.05) is 32.9 Å². The first-order chi connectivity index (χ1) is 9.36. The van der Waals surface area contributed by atoms with Crippen molar-refractivity contribution >= 4 is 5.91 Å². The predicted octanol–water partition coefficient (Wildman–Crippen LogP) is -0.261. The Kier molecular flexibility index (Phi) is 4.39. The van der Waals surface area contributed by atoms with Crippen molar-refractivity contribution in [3.63, 3.8) is 0 Å². The smallest absolute Gasteiger partial charge is 0.243 e. The van der Waals surface area contributed by atoms with Gasteiger partial charge in [0.15, 0.2) is 0 Å². The summed E-state index contributed by atoms with van der Waals surface area (Å²) in [5.74, 6) is -0.0554. The van der Waals surface area contributed by atoms with E-state index in [9.17, 15) is 4.79 Å². The first kappa shape index (κ1) is 15.7. The van der Waals surface area contributed by atoms with E-state index in [0.717, 1.165) is 0 Å². The van der Waals surface area contributed by atoms with E-state index in [-0.39, 0.29) is 30.1 Å². The van der Waals surface area contributed by atoms with Crippen molar-refractivity contribution in [3.05, 3.63) is 0 Å². The maximum Gasteiger partial charge on any atom is 0.243 e. The lowest BCUT2D eigenvalue weighted by Crippen LogP contribution is -2.76. The molecule has 1 saturated carbocycles. The average molecular weight is 286 g/mol. The predicted molar refractivity (Wildman–Crippen MR) is 74.1 cm³/mol. The fourth-order valence-electron chi connectivity index (χ4n) is 3.09. The fourth-order valence-corrected chi connectivity index (χ4v) is 3.09. The number of hydrogen-bond donors (Lipinski definition) is 2. The zero-order chi connectivity index (χ0) is 15.0. The number of amides is 1. The zero-order valence-corrected chi connectivity index (χ0v) is 12.6. The second kappa shape index (κ2) is 5.60. The molecule has 116 valence electrons. The third-order valence-corrected chi connectivity index (χ3v) is 4.84. The van der Waals surface area contributed by atoms with Gasteiger partial charge in [-0.2, -0.15) is 0 Å². The van der Waals surface area contributed by atoms with Gasteiger partial charge in [0, 0.05) is 31.5 Å².